The molecule has 90 valence electrons. The third-order valence-corrected chi connectivity index (χ3v) is 2.99. The smallest absolute Gasteiger partial charge is 0.135 e. The molecule has 1 heterocycles. The number of halogens is 2. The minimum Gasteiger partial charge on any atom is -0.461 e. The second-order valence-electron chi connectivity index (χ2n) is 3.72. The molecule has 2 aromatic rings. The Morgan fingerprint density at radius 3 is 2.65 bits per heavy atom. The van der Waals surface area contributed by atoms with Crippen LogP contribution in [0.3, 0.4) is 0 Å². The van der Waals surface area contributed by atoms with Crippen molar-refractivity contribution in [3.8, 4) is 11.3 Å². The van der Waals surface area contributed by atoms with E-state index in [1.54, 1.807) is 12.1 Å². The summed E-state index contributed by atoms with van der Waals surface area (Å²) in [4.78, 5) is 0. The van der Waals surface area contributed by atoms with Crippen LogP contribution in [0.5, 0.6) is 0 Å². The number of benzene rings is 1. The van der Waals surface area contributed by atoms with Crippen LogP contribution in [0.4, 0.5) is 0 Å². The average Bonchev–Trinajstić information content (AvgIpc) is 2.75. The normalized spacial score (nSPS) is 10.8. The fourth-order valence-corrected chi connectivity index (χ4v) is 2.10. The van der Waals surface area contributed by atoms with Gasteiger partial charge in [-0.05, 0) is 36.8 Å². The lowest BCUT2D eigenvalue weighted by Gasteiger charge is -2.01. The summed E-state index contributed by atoms with van der Waals surface area (Å²) in [6, 6.07) is 9.07. The Balaban J connectivity index is 2.24. The molecule has 0 saturated heterocycles. The summed E-state index contributed by atoms with van der Waals surface area (Å²) in [5.41, 5.74) is 0.825. The van der Waals surface area contributed by atoms with Crippen LogP contribution in [0.15, 0.2) is 34.7 Å². The van der Waals surface area contributed by atoms with Gasteiger partial charge in [-0.25, -0.2) is 0 Å². The van der Waals surface area contributed by atoms with Gasteiger partial charge in [-0.2, -0.15) is 0 Å². The van der Waals surface area contributed by atoms with E-state index in [9.17, 15) is 0 Å². The van der Waals surface area contributed by atoms with Crippen LogP contribution in [0, 0.1) is 0 Å². The molecule has 17 heavy (non-hydrogen) atoms. The van der Waals surface area contributed by atoms with E-state index in [-0.39, 0.29) is 6.61 Å². The number of aliphatic hydroxyl groups excluding tert-OH is 1. The van der Waals surface area contributed by atoms with Crippen molar-refractivity contribution in [3.63, 3.8) is 0 Å². The van der Waals surface area contributed by atoms with Crippen LogP contribution < -0.4 is 0 Å². The lowest BCUT2D eigenvalue weighted by atomic mass is 10.2. The second kappa shape index (κ2) is 5.58. The lowest BCUT2D eigenvalue weighted by molar-refractivity contribution is 0.284. The second-order valence-corrected chi connectivity index (χ2v) is 4.56. The number of hydrogen-bond acceptors (Lipinski definition) is 2. The quantitative estimate of drug-likeness (QED) is 0.904. The fraction of sp³-hybridized carbons (Fsp3) is 0.231. The van der Waals surface area contributed by atoms with Crippen molar-refractivity contribution >= 4 is 23.2 Å². The number of rotatable bonds is 4. The van der Waals surface area contributed by atoms with Crippen LogP contribution >= 0.6 is 23.2 Å². The zero-order valence-corrected chi connectivity index (χ0v) is 10.6. The van der Waals surface area contributed by atoms with Gasteiger partial charge < -0.3 is 9.52 Å². The maximum Gasteiger partial charge on any atom is 0.135 e. The summed E-state index contributed by atoms with van der Waals surface area (Å²) >= 11 is 11.9. The largest absolute Gasteiger partial charge is 0.461 e. The van der Waals surface area contributed by atoms with Gasteiger partial charge in [0.25, 0.3) is 0 Å². The van der Waals surface area contributed by atoms with Gasteiger partial charge in [0.1, 0.15) is 11.5 Å². The van der Waals surface area contributed by atoms with Crippen LogP contribution in [0.25, 0.3) is 11.3 Å². The van der Waals surface area contributed by atoms with Gasteiger partial charge >= 0.3 is 0 Å². The van der Waals surface area contributed by atoms with Crippen molar-refractivity contribution < 1.29 is 9.52 Å². The Kier molecular flexibility index (Phi) is 4.11. The van der Waals surface area contributed by atoms with Gasteiger partial charge in [0.15, 0.2) is 0 Å². The summed E-state index contributed by atoms with van der Waals surface area (Å²) in [6.45, 7) is 0.164. The van der Waals surface area contributed by atoms with Gasteiger partial charge in [-0.1, -0.05) is 23.2 Å². The van der Waals surface area contributed by atoms with Crippen molar-refractivity contribution in [2.45, 2.75) is 12.8 Å². The zero-order valence-electron chi connectivity index (χ0n) is 9.12. The minimum absolute atomic E-state index is 0.164. The lowest BCUT2D eigenvalue weighted by Crippen LogP contribution is -1.86. The van der Waals surface area contributed by atoms with E-state index >= 15 is 0 Å². The molecule has 2 rings (SSSR count). The minimum atomic E-state index is 0.164. The first kappa shape index (κ1) is 12.5. The fourth-order valence-electron chi connectivity index (χ4n) is 1.60. The van der Waals surface area contributed by atoms with E-state index in [4.69, 9.17) is 32.7 Å². The molecule has 4 heteroatoms. The highest BCUT2D eigenvalue weighted by molar-refractivity contribution is 6.36. The molecule has 0 amide bonds. The van der Waals surface area contributed by atoms with E-state index in [0.717, 1.165) is 23.5 Å². The van der Waals surface area contributed by atoms with Crippen LogP contribution in [-0.2, 0) is 6.42 Å². The van der Waals surface area contributed by atoms with E-state index in [1.807, 2.05) is 18.2 Å². The zero-order chi connectivity index (χ0) is 12.3. The van der Waals surface area contributed by atoms with Crippen molar-refractivity contribution in [3.05, 3.63) is 46.1 Å². The maximum absolute atomic E-state index is 8.75. The van der Waals surface area contributed by atoms with Crippen molar-refractivity contribution in [2.75, 3.05) is 6.61 Å². The summed E-state index contributed by atoms with van der Waals surface area (Å²) in [5.74, 6) is 1.57. The summed E-state index contributed by atoms with van der Waals surface area (Å²) in [7, 11) is 0. The molecule has 0 aliphatic rings. The first-order valence-electron chi connectivity index (χ1n) is 5.35. The standard InChI is InChI=1S/C13H12Cl2O2/c14-9-3-5-11(12(15)8-9)13-6-4-10(17-13)2-1-7-16/h3-6,8,16H,1-2,7H2. The molecule has 0 radical (unpaired) electrons. The Morgan fingerprint density at radius 2 is 1.94 bits per heavy atom. The van der Waals surface area contributed by atoms with Gasteiger partial charge in [-0.3, -0.25) is 0 Å². The number of hydrogen-bond donors (Lipinski definition) is 1. The summed E-state index contributed by atoms with van der Waals surface area (Å²) in [5, 5.41) is 9.92. The molecule has 0 spiro atoms. The predicted octanol–water partition coefficient (Wildman–Crippen LogP) is 4.18. The van der Waals surface area contributed by atoms with Crippen molar-refractivity contribution in [2.24, 2.45) is 0 Å². The molecular formula is C13H12Cl2O2. The molecule has 0 aliphatic heterocycles. The molecule has 0 bridgehead atoms. The Morgan fingerprint density at radius 1 is 1.12 bits per heavy atom. The predicted molar refractivity (Wildman–Crippen MR) is 69.6 cm³/mol. The maximum atomic E-state index is 8.75. The molecule has 1 aromatic carbocycles. The van der Waals surface area contributed by atoms with Gasteiger partial charge in [-0.15, -0.1) is 0 Å². The highest BCUT2D eigenvalue weighted by Crippen LogP contribution is 2.31. The summed E-state index contributed by atoms with van der Waals surface area (Å²) < 4.78 is 5.65. The van der Waals surface area contributed by atoms with Crippen molar-refractivity contribution in [1.29, 1.82) is 0 Å². The topological polar surface area (TPSA) is 33.4 Å². The van der Waals surface area contributed by atoms with Gasteiger partial charge in [0, 0.05) is 23.6 Å². The van der Waals surface area contributed by atoms with Gasteiger partial charge in [0.2, 0.25) is 0 Å². The first-order valence-corrected chi connectivity index (χ1v) is 6.11. The molecule has 0 saturated carbocycles. The van der Waals surface area contributed by atoms with E-state index in [2.05, 4.69) is 0 Å². The Bertz CT molecular complexity index is 506. The monoisotopic (exact) mass is 270 g/mol. The van der Waals surface area contributed by atoms with Crippen molar-refractivity contribution in [1.82, 2.24) is 0 Å². The molecule has 0 unspecified atom stereocenters. The number of aliphatic hydroxyl groups is 1. The van der Waals surface area contributed by atoms with Crippen LogP contribution in [0.2, 0.25) is 10.0 Å². The van der Waals surface area contributed by atoms with Crippen LogP contribution in [-0.4, -0.2) is 11.7 Å². The molecular weight excluding hydrogens is 259 g/mol. The molecule has 0 aliphatic carbocycles. The van der Waals surface area contributed by atoms with E-state index in [1.165, 1.54) is 0 Å². The highest BCUT2D eigenvalue weighted by atomic mass is 35.5. The molecule has 1 N–H and O–H groups in total. The number of aryl methyl sites for hydroxylation is 1. The number of furan rings is 1. The van der Waals surface area contributed by atoms with Crippen LogP contribution in [0.1, 0.15) is 12.2 Å². The van der Waals surface area contributed by atoms with E-state index < -0.39 is 0 Å². The summed E-state index contributed by atoms with van der Waals surface area (Å²) in [6.07, 6.45) is 1.42. The third-order valence-electron chi connectivity index (χ3n) is 2.44. The Hall–Kier alpha value is -0.960. The molecule has 2 nitrogen and oxygen atoms in total. The molecule has 0 fully saturated rings. The molecule has 1 aromatic heterocycles. The average molecular weight is 271 g/mol. The molecule has 0 atom stereocenters. The van der Waals surface area contributed by atoms with E-state index in [0.29, 0.717) is 16.5 Å². The highest BCUT2D eigenvalue weighted by Gasteiger charge is 2.08. The third kappa shape index (κ3) is 3.03. The van der Waals surface area contributed by atoms with Gasteiger partial charge in [0.05, 0.1) is 5.02 Å². The Labute approximate surface area is 110 Å². The first-order chi connectivity index (χ1) is 8.20. The SMILES string of the molecule is OCCCc1ccc(-c2ccc(Cl)cc2Cl)o1.